The van der Waals surface area contributed by atoms with Crippen LogP contribution in [0.4, 0.5) is 0 Å². The average molecular weight is 545 g/mol. The maximum absolute atomic E-state index is 14.0. The van der Waals surface area contributed by atoms with Crippen LogP contribution in [-0.4, -0.2) is 42.5 Å². The van der Waals surface area contributed by atoms with Gasteiger partial charge in [-0.25, -0.2) is 0 Å². The van der Waals surface area contributed by atoms with E-state index in [4.69, 9.17) is 9.47 Å². The van der Waals surface area contributed by atoms with Crippen LogP contribution in [0.5, 0.6) is 11.5 Å². The lowest BCUT2D eigenvalue weighted by atomic mass is 10.00. The van der Waals surface area contributed by atoms with Gasteiger partial charge in [-0.05, 0) is 68.0 Å². The van der Waals surface area contributed by atoms with Gasteiger partial charge in [-0.3, -0.25) is 9.59 Å². The average Bonchev–Trinajstić information content (AvgIpc) is 2.96. The van der Waals surface area contributed by atoms with Crippen molar-refractivity contribution in [3.63, 3.8) is 0 Å². The molecule has 2 amide bonds. The van der Waals surface area contributed by atoms with Crippen LogP contribution in [0, 0.1) is 6.92 Å². The summed E-state index contributed by atoms with van der Waals surface area (Å²) in [6, 6.07) is 23.2. The Kier molecular flexibility index (Phi) is 12.6. The van der Waals surface area contributed by atoms with E-state index in [0.29, 0.717) is 50.6 Å². The molecule has 0 fully saturated rings. The van der Waals surface area contributed by atoms with E-state index in [0.717, 1.165) is 35.1 Å². The first-order chi connectivity index (χ1) is 19.5. The number of carbonyl (C=O) groups is 2. The number of nitrogens with zero attached hydrogens (tertiary/aromatic N) is 1. The summed E-state index contributed by atoms with van der Waals surface area (Å²) in [6.45, 7) is 10.1. The predicted octanol–water partition coefficient (Wildman–Crippen LogP) is 6.28. The van der Waals surface area contributed by atoms with Gasteiger partial charge in [-0.2, -0.15) is 0 Å². The molecular weight excluding hydrogens is 500 g/mol. The Morgan fingerprint density at radius 3 is 2.25 bits per heavy atom. The van der Waals surface area contributed by atoms with Crippen LogP contribution in [0.2, 0.25) is 0 Å². The second kappa shape index (κ2) is 16.3. The smallest absolute Gasteiger partial charge is 0.243 e. The summed E-state index contributed by atoms with van der Waals surface area (Å²) in [6.07, 6.45) is 3.15. The fourth-order valence-electron chi connectivity index (χ4n) is 4.68. The van der Waals surface area contributed by atoms with Crippen molar-refractivity contribution in [2.75, 3.05) is 19.8 Å². The minimum atomic E-state index is -0.620. The van der Waals surface area contributed by atoms with Gasteiger partial charge >= 0.3 is 0 Å². The number of aryl methyl sites for hydroxylation is 2. The summed E-state index contributed by atoms with van der Waals surface area (Å²) >= 11 is 0. The molecule has 3 aromatic rings. The SMILES string of the molecule is CCCCNC(=O)[C@@H](Cc1ccccc1)N(Cc1ccccc1C)C(=O)CCc1ccc(OCC)c(OCC)c1. The summed E-state index contributed by atoms with van der Waals surface area (Å²) in [5.41, 5.74) is 4.14. The van der Waals surface area contributed by atoms with E-state index < -0.39 is 6.04 Å². The van der Waals surface area contributed by atoms with Crippen molar-refractivity contribution in [1.82, 2.24) is 10.2 Å². The van der Waals surface area contributed by atoms with Crippen LogP contribution in [0.3, 0.4) is 0 Å². The minimum Gasteiger partial charge on any atom is -0.490 e. The van der Waals surface area contributed by atoms with Gasteiger partial charge in [0.15, 0.2) is 11.5 Å². The Morgan fingerprint density at radius 1 is 0.850 bits per heavy atom. The largest absolute Gasteiger partial charge is 0.490 e. The molecule has 0 heterocycles. The highest BCUT2D eigenvalue weighted by Gasteiger charge is 2.30. The Hall–Kier alpha value is -3.80. The molecule has 6 nitrogen and oxygen atoms in total. The summed E-state index contributed by atoms with van der Waals surface area (Å²) in [5.74, 6) is 1.22. The second-order valence-corrected chi connectivity index (χ2v) is 9.95. The van der Waals surface area contributed by atoms with Crippen LogP contribution in [-0.2, 0) is 29.0 Å². The monoisotopic (exact) mass is 544 g/mol. The predicted molar refractivity (Wildman–Crippen MR) is 161 cm³/mol. The van der Waals surface area contributed by atoms with Gasteiger partial charge in [0.2, 0.25) is 11.8 Å². The van der Waals surface area contributed by atoms with Gasteiger partial charge in [0.25, 0.3) is 0 Å². The molecule has 214 valence electrons. The van der Waals surface area contributed by atoms with Crippen LogP contribution >= 0.6 is 0 Å². The number of carbonyl (C=O) groups excluding carboxylic acids is 2. The molecule has 1 N–H and O–H groups in total. The highest BCUT2D eigenvalue weighted by molar-refractivity contribution is 5.88. The number of nitrogens with one attached hydrogen (secondary N) is 1. The van der Waals surface area contributed by atoms with Crippen molar-refractivity contribution in [1.29, 1.82) is 0 Å². The van der Waals surface area contributed by atoms with E-state index in [1.807, 2.05) is 93.6 Å². The Balaban J connectivity index is 1.89. The van der Waals surface area contributed by atoms with Gasteiger partial charge in [-0.15, -0.1) is 0 Å². The maximum Gasteiger partial charge on any atom is 0.243 e. The standard InChI is InChI=1S/C34H44N2O4/c1-5-8-22-35-34(38)30(23-27-15-10-9-11-16-27)36(25-29-17-13-12-14-26(29)4)33(37)21-19-28-18-20-31(39-6-2)32(24-28)40-7-3/h9-18,20,24,30H,5-8,19,21-23,25H2,1-4H3,(H,35,38)/t30-/m1/s1. The number of ether oxygens (including phenoxy) is 2. The third kappa shape index (κ3) is 9.15. The van der Waals surface area contributed by atoms with Crippen molar-refractivity contribution in [2.24, 2.45) is 0 Å². The molecule has 3 rings (SSSR count). The van der Waals surface area contributed by atoms with Crippen LogP contribution in [0.1, 0.15) is 62.3 Å². The Bertz CT molecular complexity index is 1210. The minimum absolute atomic E-state index is 0.0540. The molecule has 0 aliphatic carbocycles. The summed E-state index contributed by atoms with van der Waals surface area (Å²) in [7, 11) is 0. The summed E-state index contributed by atoms with van der Waals surface area (Å²) in [5, 5.41) is 3.09. The van der Waals surface area contributed by atoms with Crippen molar-refractivity contribution >= 4 is 11.8 Å². The first-order valence-corrected chi connectivity index (χ1v) is 14.5. The molecule has 6 heteroatoms. The van der Waals surface area contributed by atoms with Gasteiger partial charge in [0.1, 0.15) is 6.04 Å². The molecule has 1 atom stereocenters. The Morgan fingerprint density at radius 2 is 1.55 bits per heavy atom. The van der Waals surface area contributed by atoms with Crippen LogP contribution < -0.4 is 14.8 Å². The van der Waals surface area contributed by atoms with E-state index in [9.17, 15) is 9.59 Å². The highest BCUT2D eigenvalue weighted by atomic mass is 16.5. The first-order valence-electron chi connectivity index (χ1n) is 14.5. The van der Waals surface area contributed by atoms with E-state index in [2.05, 4.69) is 12.2 Å². The van der Waals surface area contributed by atoms with Crippen molar-refractivity contribution in [2.45, 2.75) is 72.4 Å². The van der Waals surface area contributed by atoms with Gasteiger partial charge < -0.3 is 19.7 Å². The lowest BCUT2D eigenvalue weighted by molar-refractivity contribution is -0.141. The Labute approximate surface area is 239 Å². The molecule has 0 aliphatic rings. The topological polar surface area (TPSA) is 67.9 Å². The third-order valence-electron chi connectivity index (χ3n) is 6.94. The van der Waals surface area contributed by atoms with Gasteiger partial charge in [0, 0.05) is 25.9 Å². The molecule has 0 aromatic heterocycles. The molecule has 3 aromatic carbocycles. The number of hydrogen-bond donors (Lipinski definition) is 1. The fourth-order valence-corrected chi connectivity index (χ4v) is 4.68. The molecule has 0 aliphatic heterocycles. The molecular formula is C34H44N2O4. The number of hydrogen-bond acceptors (Lipinski definition) is 4. The van der Waals surface area contributed by atoms with E-state index in [1.165, 1.54) is 0 Å². The molecule has 0 bridgehead atoms. The zero-order valence-corrected chi connectivity index (χ0v) is 24.4. The number of benzene rings is 3. The fraction of sp³-hybridized carbons (Fsp3) is 0.412. The number of unbranched alkanes of at least 4 members (excludes halogenated alkanes) is 1. The zero-order chi connectivity index (χ0) is 28.7. The normalized spacial score (nSPS) is 11.5. The quantitative estimate of drug-likeness (QED) is 0.216. The molecule has 0 unspecified atom stereocenters. The number of amides is 2. The lowest BCUT2D eigenvalue weighted by Gasteiger charge is -2.32. The molecule has 0 saturated heterocycles. The third-order valence-corrected chi connectivity index (χ3v) is 6.94. The highest BCUT2D eigenvalue weighted by Crippen LogP contribution is 2.29. The zero-order valence-electron chi connectivity index (χ0n) is 24.4. The van der Waals surface area contributed by atoms with Crippen molar-refractivity contribution in [3.05, 3.63) is 95.1 Å². The molecule has 0 radical (unpaired) electrons. The lowest BCUT2D eigenvalue weighted by Crippen LogP contribution is -2.50. The summed E-state index contributed by atoms with van der Waals surface area (Å²) < 4.78 is 11.5. The summed E-state index contributed by atoms with van der Waals surface area (Å²) in [4.78, 5) is 29.3. The van der Waals surface area contributed by atoms with E-state index >= 15 is 0 Å². The number of rotatable bonds is 16. The second-order valence-electron chi connectivity index (χ2n) is 9.95. The van der Waals surface area contributed by atoms with Crippen LogP contribution in [0.25, 0.3) is 0 Å². The van der Waals surface area contributed by atoms with Gasteiger partial charge in [0.05, 0.1) is 13.2 Å². The molecule has 40 heavy (non-hydrogen) atoms. The van der Waals surface area contributed by atoms with Gasteiger partial charge in [-0.1, -0.05) is 74.0 Å². The molecule has 0 saturated carbocycles. The van der Waals surface area contributed by atoms with Crippen molar-refractivity contribution < 1.29 is 19.1 Å². The van der Waals surface area contributed by atoms with Crippen molar-refractivity contribution in [3.8, 4) is 11.5 Å². The molecule has 0 spiro atoms. The maximum atomic E-state index is 14.0. The van der Waals surface area contributed by atoms with E-state index in [-0.39, 0.29) is 18.2 Å². The van der Waals surface area contributed by atoms with Crippen LogP contribution in [0.15, 0.2) is 72.8 Å². The first kappa shape index (κ1) is 30.7. The van der Waals surface area contributed by atoms with E-state index in [1.54, 1.807) is 4.90 Å².